The Hall–Kier alpha value is -2.38. The van der Waals surface area contributed by atoms with Crippen LogP contribution in [0.25, 0.3) is 0 Å². The summed E-state index contributed by atoms with van der Waals surface area (Å²) in [5.41, 5.74) is 13.4. The first kappa shape index (κ1) is 31.6. The molecule has 2 heteroatoms. The van der Waals surface area contributed by atoms with Gasteiger partial charge in [-0.3, -0.25) is 0 Å². The molecule has 36 heavy (non-hydrogen) atoms. The van der Waals surface area contributed by atoms with Crippen molar-refractivity contribution in [3.05, 3.63) is 59.4 Å². The highest BCUT2D eigenvalue weighted by molar-refractivity contribution is 6.90. The molecule has 0 saturated heterocycles. The summed E-state index contributed by atoms with van der Waals surface area (Å²) in [6, 6.07) is 8.39. The average Bonchev–Trinajstić information content (AvgIpc) is 2.73. The van der Waals surface area contributed by atoms with Crippen molar-refractivity contribution in [1.82, 2.24) is 0 Å². The fraction of sp³-hybridized carbons (Fsp3) is 0.559. The number of allylic oxidation sites excluding steroid dienone is 2. The molecular formula is C34H51NSi. The lowest BCUT2D eigenvalue weighted by atomic mass is 9.79. The van der Waals surface area contributed by atoms with E-state index in [1.54, 1.807) is 0 Å². The largest absolute Gasteiger partial charge is 0.378 e. The lowest BCUT2D eigenvalue weighted by molar-refractivity contribution is 0.467. The van der Waals surface area contributed by atoms with Crippen LogP contribution in [0.4, 0.5) is 5.69 Å². The zero-order valence-corrected chi connectivity index (χ0v) is 26.5. The van der Waals surface area contributed by atoms with Crippen LogP contribution >= 0.6 is 0 Å². The third kappa shape index (κ3) is 8.07. The molecule has 0 heterocycles. The predicted molar refractivity (Wildman–Crippen MR) is 165 cm³/mol. The predicted octanol–water partition coefficient (Wildman–Crippen LogP) is 9.43. The molecule has 0 aromatic heterocycles. The van der Waals surface area contributed by atoms with Crippen molar-refractivity contribution in [2.45, 2.75) is 99.2 Å². The van der Waals surface area contributed by atoms with Gasteiger partial charge in [0, 0.05) is 41.7 Å². The van der Waals surface area contributed by atoms with Gasteiger partial charge in [-0.1, -0.05) is 106 Å². The zero-order chi connectivity index (χ0) is 27.9. The summed E-state index contributed by atoms with van der Waals surface area (Å²) in [4.78, 5) is 2.10. The number of rotatable bonds is 7. The SMILES string of the molecule is C=CCC(C)(C)C(=C=C(C#C[Si](C(C)C)(C(C)C)C(C)C)C(C)(C)C)C#Cc1ccc(N(C)C)cc1. The van der Waals surface area contributed by atoms with E-state index < -0.39 is 8.07 Å². The highest BCUT2D eigenvalue weighted by atomic mass is 28.3. The molecular weight excluding hydrogens is 450 g/mol. The Kier molecular flexibility index (Phi) is 11.2. The fourth-order valence-corrected chi connectivity index (χ4v) is 10.2. The molecule has 0 N–H and O–H groups in total. The Morgan fingerprint density at radius 3 is 1.75 bits per heavy atom. The highest BCUT2D eigenvalue weighted by Gasteiger charge is 2.41. The van der Waals surface area contributed by atoms with Crippen LogP contribution in [0.2, 0.25) is 16.6 Å². The van der Waals surface area contributed by atoms with Crippen molar-refractivity contribution in [2.75, 3.05) is 19.0 Å². The summed E-state index contributed by atoms with van der Waals surface area (Å²) >= 11 is 0. The minimum absolute atomic E-state index is 0.122. The van der Waals surface area contributed by atoms with Gasteiger partial charge in [-0.15, -0.1) is 12.1 Å². The smallest absolute Gasteiger partial charge is 0.146 e. The summed E-state index contributed by atoms with van der Waals surface area (Å²) in [6.07, 6.45) is 2.81. The van der Waals surface area contributed by atoms with E-state index in [1.807, 2.05) is 6.08 Å². The minimum Gasteiger partial charge on any atom is -0.378 e. The molecule has 0 spiro atoms. The van der Waals surface area contributed by atoms with Crippen LogP contribution in [0.3, 0.4) is 0 Å². The van der Waals surface area contributed by atoms with Crippen molar-refractivity contribution in [3.8, 4) is 23.3 Å². The Bertz CT molecular complexity index is 1050. The van der Waals surface area contributed by atoms with E-state index in [0.717, 1.165) is 23.1 Å². The maximum Gasteiger partial charge on any atom is 0.146 e. The van der Waals surface area contributed by atoms with E-state index in [4.69, 9.17) is 0 Å². The van der Waals surface area contributed by atoms with E-state index in [1.165, 1.54) is 5.69 Å². The molecule has 1 aromatic carbocycles. The van der Waals surface area contributed by atoms with Crippen LogP contribution in [0.1, 0.15) is 88.1 Å². The summed E-state index contributed by atoms with van der Waals surface area (Å²) in [5.74, 6) is 10.6. The molecule has 196 valence electrons. The van der Waals surface area contributed by atoms with Gasteiger partial charge in [0.25, 0.3) is 0 Å². The van der Waals surface area contributed by atoms with Gasteiger partial charge in [-0.25, -0.2) is 0 Å². The molecule has 0 saturated carbocycles. The van der Waals surface area contributed by atoms with Crippen LogP contribution in [-0.4, -0.2) is 22.2 Å². The first-order valence-electron chi connectivity index (χ1n) is 13.4. The van der Waals surface area contributed by atoms with E-state index in [9.17, 15) is 0 Å². The van der Waals surface area contributed by atoms with Crippen molar-refractivity contribution in [3.63, 3.8) is 0 Å². The van der Waals surface area contributed by atoms with Crippen LogP contribution in [0.15, 0.2) is 53.8 Å². The minimum atomic E-state index is -1.85. The second kappa shape index (κ2) is 12.7. The molecule has 1 rings (SSSR count). The van der Waals surface area contributed by atoms with Gasteiger partial charge in [-0.05, 0) is 47.3 Å². The topological polar surface area (TPSA) is 3.24 Å². The van der Waals surface area contributed by atoms with E-state index >= 15 is 0 Å². The van der Waals surface area contributed by atoms with Gasteiger partial charge in [0.1, 0.15) is 8.07 Å². The highest BCUT2D eigenvalue weighted by Crippen LogP contribution is 2.41. The molecule has 0 radical (unpaired) electrons. The van der Waals surface area contributed by atoms with Crippen molar-refractivity contribution >= 4 is 13.8 Å². The quantitative estimate of drug-likeness (QED) is 0.156. The normalized spacial score (nSPS) is 11.9. The van der Waals surface area contributed by atoms with Gasteiger partial charge < -0.3 is 4.90 Å². The Morgan fingerprint density at radius 1 is 0.861 bits per heavy atom. The number of anilines is 1. The number of hydrogen-bond acceptors (Lipinski definition) is 1. The van der Waals surface area contributed by atoms with Gasteiger partial charge in [0.15, 0.2) is 0 Å². The molecule has 0 aliphatic carbocycles. The van der Waals surface area contributed by atoms with Crippen LogP contribution in [-0.2, 0) is 0 Å². The molecule has 1 aromatic rings. The third-order valence-corrected chi connectivity index (χ3v) is 13.6. The molecule has 0 fully saturated rings. The molecule has 0 bridgehead atoms. The molecule has 1 nitrogen and oxygen atoms in total. The van der Waals surface area contributed by atoms with E-state index in [0.29, 0.717) is 16.6 Å². The lowest BCUT2D eigenvalue weighted by Gasteiger charge is -2.38. The summed E-state index contributed by atoms with van der Waals surface area (Å²) < 4.78 is 0. The Morgan fingerprint density at radius 2 is 1.36 bits per heavy atom. The third-order valence-electron chi connectivity index (χ3n) is 7.32. The molecule has 0 aliphatic rings. The average molecular weight is 502 g/mol. The first-order valence-corrected chi connectivity index (χ1v) is 15.7. The molecule has 0 unspecified atom stereocenters. The summed E-state index contributed by atoms with van der Waals surface area (Å²) in [7, 11) is 2.25. The maximum absolute atomic E-state index is 4.00. The molecule has 0 atom stereocenters. The zero-order valence-electron chi connectivity index (χ0n) is 25.5. The van der Waals surface area contributed by atoms with Crippen LogP contribution in [0.5, 0.6) is 0 Å². The second-order valence-electron chi connectivity index (χ2n) is 12.8. The van der Waals surface area contributed by atoms with Gasteiger partial charge >= 0.3 is 0 Å². The van der Waals surface area contributed by atoms with Gasteiger partial charge in [-0.2, -0.15) is 0 Å². The van der Waals surface area contributed by atoms with Crippen LogP contribution < -0.4 is 4.90 Å². The van der Waals surface area contributed by atoms with Crippen molar-refractivity contribution in [2.24, 2.45) is 10.8 Å². The molecule has 0 aliphatic heterocycles. The first-order chi connectivity index (χ1) is 16.5. The number of benzene rings is 1. The fourth-order valence-electron chi connectivity index (χ4n) is 4.95. The number of nitrogens with zero attached hydrogens (tertiary/aromatic N) is 1. The Labute approximate surface area is 225 Å². The van der Waals surface area contributed by atoms with Crippen molar-refractivity contribution in [1.29, 1.82) is 0 Å². The molecule has 0 amide bonds. The second-order valence-corrected chi connectivity index (χ2v) is 18.4. The maximum atomic E-state index is 4.00. The van der Waals surface area contributed by atoms with E-state index in [-0.39, 0.29) is 10.8 Å². The van der Waals surface area contributed by atoms with Gasteiger partial charge in [0.05, 0.1) is 5.57 Å². The lowest BCUT2D eigenvalue weighted by Crippen LogP contribution is -2.43. The number of hydrogen-bond donors (Lipinski definition) is 0. The monoisotopic (exact) mass is 501 g/mol. The van der Waals surface area contributed by atoms with E-state index in [2.05, 4.69) is 155 Å². The standard InChI is InChI=1S/C34H51NSi/c1-15-23-34(11,12)31(19-16-29-17-20-32(21-18-29)35(13)14)25-30(33(8,9)10)22-24-36(26(2)3,27(4)5)28(6)7/h15,17-18,20-21,26-28H,1,23H2,2-14H3. The van der Waals surface area contributed by atoms with Gasteiger partial charge in [0.2, 0.25) is 0 Å². The summed E-state index contributed by atoms with van der Waals surface area (Å²) in [6.45, 7) is 29.3. The summed E-state index contributed by atoms with van der Waals surface area (Å²) in [5, 5.41) is 0. The van der Waals surface area contributed by atoms with Crippen molar-refractivity contribution < 1.29 is 0 Å². The van der Waals surface area contributed by atoms with Crippen LogP contribution in [0, 0.1) is 34.1 Å². The Balaban J connectivity index is 3.92.